The average Bonchev–Trinajstić information content (AvgIpc) is 2.50. The van der Waals surface area contributed by atoms with Crippen molar-refractivity contribution in [1.82, 2.24) is 9.97 Å². The maximum absolute atomic E-state index is 13.7. The van der Waals surface area contributed by atoms with Crippen LogP contribution in [0.15, 0.2) is 54.6 Å². The Balaban J connectivity index is 1.85. The fourth-order valence-electron chi connectivity index (χ4n) is 2.07. The van der Waals surface area contributed by atoms with Gasteiger partial charge in [0.25, 0.3) is 0 Å². The highest BCUT2D eigenvalue weighted by molar-refractivity contribution is 5.60. The summed E-state index contributed by atoms with van der Waals surface area (Å²) in [6.07, 6.45) is 0. The molecule has 0 saturated heterocycles. The second-order valence-electron chi connectivity index (χ2n) is 4.96. The summed E-state index contributed by atoms with van der Waals surface area (Å²) in [6.45, 7) is 1.81. The zero-order chi connectivity index (χ0) is 16.2. The third kappa shape index (κ3) is 3.79. The van der Waals surface area contributed by atoms with E-state index < -0.39 is 11.6 Å². The van der Waals surface area contributed by atoms with Crippen molar-refractivity contribution in [1.29, 1.82) is 0 Å². The molecule has 1 aromatic heterocycles. The number of para-hydroxylation sites is 1. The van der Waals surface area contributed by atoms with Crippen LogP contribution in [0.5, 0.6) is 0 Å². The number of halogens is 2. The molecule has 116 valence electrons. The summed E-state index contributed by atoms with van der Waals surface area (Å²) in [5, 5.41) is 5.91. The minimum atomic E-state index is -0.701. The first kappa shape index (κ1) is 14.9. The predicted molar refractivity (Wildman–Crippen MR) is 86.1 cm³/mol. The highest BCUT2D eigenvalue weighted by atomic mass is 19.1. The zero-order valence-corrected chi connectivity index (χ0v) is 12.3. The van der Waals surface area contributed by atoms with Crippen molar-refractivity contribution < 1.29 is 8.78 Å². The first-order valence-electron chi connectivity index (χ1n) is 7.00. The lowest BCUT2D eigenvalue weighted by Crippen LogP contribution is -2.03. The number of nitrogens with zero attached hydrogens (tertiary/aromatic N) is 2. The molecule has 2 N–H and O–H groups in total. The van der Waals surface area contributed by atoms with Gasteiger partial charge in [-0.2, -0.15) is 4.98 Å². The topological polar surface area (TPSA) is 49.8 Å². The van der Waals surface area contributed by atoms with Gasteiger partial charge in [0.15, 0.2) is 0 Å². The number of aryl methyl sites for hydroxylation is 1. The molecule has 0 radical (unpaired) electrons. The number of benzene rings is 2. The van der Waals surface area contributed by atoms with E-state index in [1.807, 2.05) is 37.3 Å². The summed E-state index contributed by atoms with van der Waals surface area (Å²) in [5.41, 5.74) is 1.70. The van der Waals surface area contributed by atoms with Gasteiger partial charge in [0.1, 0.15) is 17.5 Å². The van der Waals surface area contributed by atoms with Crippen LogP contribution < -0.4 is 10.6 Å². The van der Waals surface area contributed by atoms with Crippen molar-refractivity contribution in [2.45, 2.75) is 6.92 Å². The number of aromatic nitrogens is 2. The summed E-state index contributed by atoms with van der Waals surface area (Å²) in [7, 11) is 0. The summed E-state index contributed by atoms with van der Waals surface area (Å²) in [5.74, 6) is -0.528. The van der Waals surface area contributed by atoms with Crippen LogP contribution in [0.25, 0.3) is 0 Å². The van der Waals surface area contributed by atoms with Gasteiger partial charge >= 0.3 is 0 Å². The van der Waals surface area contributed by atoms with Crippen molar-refractivity contribution in [3.05, 3.63) is 71.9 Å². The Labute approximate surface area is 132 Å². The lowest BCUT2D eigenvalue weighted by Gasteiger charge is -2.10. The van der Waals surface area contributed by atoms with E-state index in [-0.39, 0.29) is 11.6 Å². The number of rotatable bonds is 4. The summed E-state index contributed by atoms with van der Waals surface area (Å²) < 4.78 is 26.7. The lowest BCUT2D eigenvalue weighted by atomic mass is 10.3. The van der Waals surface area contributed by atoms with Crippen LogP contribution in [0.1, 0.15) is 5.69 Å². The van der Waals surface area contributed by atoms with E-state index in [1.165, 1.54) is 12.1 Å². The van der Waals surface area contributed by atoms with Crippen molar-refractivity contribution in [3.8, 4) is 0 Å². The second-order valence-corrected chi connectivity index (χ2v) is 4.96. The van der Waals surface area contributed by atoms with Gasteiger partial charge in [-0.25, -0.2) is 13.8 Å². The first-order chi connectivity index (χ1) is 11.1. The molecule has 0 saturated carbocycles. The van der Waals surface area contributed by atoms with Gasteiger partial charge in [-0.05, 0) is 31.2 Å². The number of nitrogens with one attached hydrogen (secondary N) is 2. The summed E-state index contributed by atoms with van der Waals surface area (Å²) in [4.78, 5) is 8.51. The minimum Gasteiger partial charge on any atom is -0.340 e. The van der Waals surface area contributed by atoms with E-state index >= 15 is 0 Å². The predicted octanol–water partition coefficient (Wildman–Crippen LogP) is 4.55. The Morgan fingerprint density at radius 3 is 2.39 bits per heavy atom. The number of anilines is 4. The molecular formula is C17H14F2N4. The van der Waals surface area contributed by atoms with E-state index in [1.54, 1.807) is 6.07 Å². The molecule has 0 aliphatic carbocycles. The van der Waals surface area contributed by atoms with Crippen LogP contribution in [0.2, 0.25) is 0 Å². The number of hydrogen-bond acceptors (Lipinski definition) is 4. The van der Waals surface area contributed by atoms with Crippen LogP contribution in [0.3, 0.4) is 0 Å². The van der Waals surface area contributed by atoms with E-state index in [4.69, 9.17) is 0 Å². The highest BCUT2D eigenvalue weighted by Gasteiger charge is 2.07. The van der Waals surface area contributed by atoms with Gasteiger partial charge in [0.2, 0.25) is 5.95 Å². The Morgan fingerprint density at radius 1 is 0.870 bits per heavy atom. The van der Waals surface area contributed by atoms with Gasteiger partial charge in [-0.15, -0.1) is 0 Å². The van der Waals surface area contributed by atoms with Crippen molar-refractivity contribution in [3.63, 3.8) is 0 Å². The molecule has 0 fully saturated rings. The molecule has 0 atom stereocenters. The quantitative estimate of drug-likeness (QED) is 0.742. The Kier molecular flexibility index (Phi) is 4.14. The smallest absolute Gasteiger partial charge is 0.229 e. The molecule has 6 heteroatoms. The molecule has 1 heterocycles. The normalized spacial score (nSPS) is 10.4. The minimum absolute atomic E-state index is 0.114. The molecule has 0 spiro atoms. The molecule has 23 heavy (non-hydrogen) atoms. The molecule has 2 aromatic carbocycles. The monoisotopic (exact) mass is 312 g/mol. The molecule has 0 aliphatic rings. The van der Waals surface area contributed by atoms with Gasteiger partial charge < -0.3 is 10.6 Å². The molecule has 3 aromatic rings. The van der Waals surface area contributed by atoms with Crippen LogP contribution in [-0.2, 0) is 0 Å². The van der Waals surface area contributed by atoms with E-state index in [2.05, 4.69) is 20.6 Å². The third-order valence-electron chi connectivity index (χ3n) is 3.08. The van der Waals surface area contributed by atoms with Gasteiger partial charge in [-0.3, -0.25) is 0 Å². The lowest BCUT2D eigenvalue weighted by molar-refractivity contribution is 0.586. The van der Waals surface area contributed by atoms with Crippen LogP contribution in [0, 0.1) is 18.6 Å². The SMILES string of the molecule is Cc1cc(Nc2ccccc2)nc(Nc2ccc(F)cc2F)n1. The van der Waals surface area contributed by atoms with Crippen molar-refractivity contribution >= 4 is 23.1 Å². The Bertz CT molecular complexity index is 822. The Hall–Kier alpha value is -3.02. The largest absolute Gasteiger partial charge is 0.340 e. The summed E-state index contributed by atoms with van der Waals surface area (Å²) >= 11 is 0. The van der Waals surface area contributed by atoms with Gasteiger partial charge in [0.05, 0.1) is 5.69 Å². The average molecular weight is 312 g/mol. The van der Waals surface area contributed by atoms with Crippen molar-refractivity contribution in [2.24, 2.45) is 0 Å². The van der Waals surface area contributed by atoms with Gasteiger partial charge in [0, 0.05) is 23.5 Å². The van der Waals surface area contributed by atoms with Crippen LogP contribution >= 0.6 is 0 Å². The fourth-order valence-corrected chi connectivity index (χ4v) is 2.07. The molecule has 0 amide bonds. The zero-order valence-electron chi connectivity index (χ0n) is 12.3. The fraction of sp³-hybridized carbons (Fsp3) is 0.0588. The van der Waals surface area contributed by atoms with E-state index in [0.29, 0.717) is 11.5 Å². The third-order valence-corrected chi connectivity index (χ3v) is 3.08. The van der Waals surface area contributed by atoms with E-state index in [9.17, 15) is 8.78 Å². The number of hydrogen-bond donors (Lipinski definition) is 2. The highest BCUT2D eigenvalue weighted by Crippen LogP contribution is 2.21. The van der Waals surface area contributed by atoms with Crippen LogP contribution in [0.4, 0.5) is 31.9 Å². The summed E-state index contributed by atoms with van der Waals surface area (Å²) in [6, 6.07) is 14.6. The van der Waals surface area contributed by atoms with Crippen LogP contribution in [-0.4, -0.2) is 9.97 Å². The standard InChI is InChI=1S/C17H14F2N4/c1-11-9-16(21-13-5-3-2-4-6-13)23-17(20-11)22-15-8-7-12(18)10-14(15)19/h2-10H,1H3,(H2,20,21,22,23). The van der Waals surface area contributed by atoms with Crippen molar-refractivity contribution in [2.75, 3.05) is 10.6 Å². The molecule has 0 unspecified atom stereocenters. The second kappa shape index (κ2) is 6.39. The van der Waals surface area contributed by atoms with Gasteiger partial charge in [-0.1, -0.05) is 18.2 Å². The first-order valence-corrected chi connectivity index (χ1v) is 7.00. The van der Waals surface area contributed by atoms with E-state index in [0.717, 1.165) is 11.8 Å². The Morgan fingerprint density at radius 2 is 1.65 bits per heavy atom. The maximum Gasteiger partial charge on any atom is 0.229 e. The molecule has 4 nitrogen and oxygen atoms in total. The molecule has 0 bridgehead atoms. The maximum atomic E-state index is 13.7. The molecule has 0 aliphatic heterocycles. The molecular weight excluding hydrogens is 298 g/mol. The molecule has 3 rings (SSSR count).